The second-order valence-corrected chi connectivity index (χ2v) is 14.6. The van der Waals surface area contributed by atoms with Gasteiger partial charge in [-0.05, 0) is 35.7 Å². The maximum absolute atomic E-state index is 15.2. The van der Waals surface area contributed by atoms with Crippen LogP contribution >= 0.6 is 0 Å². The molecule has 17 nitrogen and oxygen atoms in total. The Morgan fingerprint density at radius 1 is 0.912 bits per heavy atom. The zero-order valence-electron chi connectivity index (χ0n) is 31.3. The standard InChI is InChI=1S/C39H41FN14O3/c1-50-22-28(19-44-50)33-20-41-37-36(46-33)48-49-54(37)24-30-23-53(14-15-57-30)39-42-17-27(18-43-39)26-4-2-25(3-5-26)21-51-10-12-52(13-11-51)34-8-6-29(16-31(34)40)45-32-7-9-35(55)47-38(32)56/h2-6,8,16-20,22,30,32,45H,7,9-15,21,23-24H2,1H3,(H,47,55,56)/t30-,32?/m0/s1. The molecular formula is C39H41FN14O3. The summed E-state index contributed by atoms with van der Waals surface area (Å²) in [7, 11) is 1.86. The van der Waals surface area contributed by atoms with Crippen LogP contribution in [0.15, 0.2) is 73.4 Å². The van der Waals surface area contributed by atoms with E-state index >= 15 is 4.39 Å². The number of aryl methyl sites for hydroxylation is 1. The van der Waals surface area contributed by atoms with Crippen molar-refractivity contribution in [1.29, 1.82) is 0 Å². The van der Waals surface area contributed by atoms with Gasteiger partial charge in [0.1, 0.15) is 11.9 Å². The van der Waals surface area contributed by atoms with Crippen LogP contribution in [0.4, 0.5) is 21.7 Å². The summed E-state index contributed by atoms with van der Waals surface area (Å²) in [6, 6.07) is 12.9. The lowest BCUT2D eigenvalue weighted by Gasteiger charge is -2.36. The molecule has 2 atom stereocenters. The first kappa shape index (κ1) is 36.3. The minimum absolute atomic E-state index is 0.161. The number of carbonyl (C=O) groups is 2. The molecule has 1 unspecified atom stereocenters. The minimum Gasteiger partial charge on any atom is -0.374 e. The van der Waals surface area contributed by atoms with E-state index in [-0.39, 0.29) is 30.2 Å². The summed E-state index contributed by atoms with van der Waals surface area (Å²) in [6.07, 6.45) is 9.53. The van der Waals surface area contributed by atoms with Crippen LogP contribution in [0.5, 0.6) is 0 Å². The number of nitrogens with zero attached hydrogens (tertiary/aromatic N) is 12. The molecule has 57 heavy (non-hydrogen) atoms. The zero-order valence-corrected chi connectivity index (χ0v) is 31.3. The van der Waals surface area contributed by atoms with Gasteiger partial charge < -0.3 is 19.9 Å². The molecular weight excluding hydrogens is 732 g/mol. The van der Waals surface area contributed by atoms with E-state index in [0.29, 0.717) is 80.1 Å². The van der Waals surface area contributed by atoms with E-state index in [4.69, 9.17) is 14.7 Å². The average molecular weight is 773 g/mol. The van der Waals surface area contributed by atoms with E-state index in [2.05, 4.69) is 75.0 Å². The molecule has 292 valence electrons. The third-order valence-electron chi connectivity index (χ3n) is 10.6. The van der Waals surface area contributed by atoms with E-state index in [1.54, 1.807) is 33.9 Å². The Hall–Kier alpha value is -6.40. The first-order valence-electron chi connectivity index (χ1n) is 19.0. The predicted octanol–water partition coefficient (Wildman–Crippen LogP) is 2.66. The fraction of sp³-hybridized carbons (Fsp3) is 0.359. The molecule has 2 amide bonds. The molecule has 0 aliphatic carbocycles. The maximum Gasteiger partial charge on any atom is 0.249 e. The third kappa shape index (κ3) is 7.99. The number of imide groups is 1. The molecule has 9 rings (SSSR count). The van der Waals surface area contributed by atoms with Crippen LogP contribution in [0.3, 0.4) is 0 Å². The monoisotopic (exact) mass is 772 g/mol. The van der Waals surface area contributed by atoms with Gasteiger partial charge in [-0.2, -0.15) is 5.10 Å². The summed E-state index contributed by atoms with van der Waals surface area (Å²) in [5.74, 6) is -0.358. The number of hydrogen-bond acceptors (Lipinski definition) is 14. The van der Waals surface area contributed by atoms with E-state index < -0.39 is 6.04 Å². The number of nitrogens with one attached hydrogen (secondary N) is 2. The van der Waals surface area contributed by atoms with Crippen molar-refractivity contribution in [2.45, 2.75) is 38.1 Å². The fourth-order valence-corrected chi connectivity index (χ4v) is 7.51. The Labute approximate surface area is 326 Å². The minimum atomic E-state index is -0.556. The van der Waals surface area contributed by atoms with Crippen LogP contribution < -0.4 is 20.4 Å². The highest BCUT2D eigenvalue weighted by atomic mass is 19.1. The normalized spacial score (nSPS) is 19.3. The Balaban J connectivity index is 0.756. The summed E-state index contributed by atoms with van der Waals surface area (Å²) < 4.78 is 24.7. The lowest BCUT2D eigenvalue weighted by atomic mass is 10.1. The van der Waals surface area contributed by atoms with Gasteiger partial charge in [-0.1, -0.05) is 29.5 Å². The molecule has 3 aliphatic heterocycles. The molecule has 4 aromatic heterocycles. The van der Waals surface area contributed by atoms with Crippen LogP contribution in [0, 0.1) is 5.82 Å². The van der Waals surface area contributed by atoms with Gasteiger partial charge in [0.25, 0.3) is 0 Å². The van der Waals surface area contributed by atoms with Crippen LogP contribution in [0.25, 0.3) is 33.7 Å². The number of amides is 2. The average Bonchev–Trinajstić information content (AvgIpc) is 3.85. The summed E-state index contributed by atoms with van der Waals surface area (Å²) in [6.45, 7) is 6.05. The Bertz CT molecular complexity index is 2390. The van der Waals surface area contributed by atoms with Crippen molar-refractivity contribution in [3.05, 3.63) is 84.8 Å². The third-order valence-corrected chi connectivity index (χ3v) is 10.6. The van der Waals surface area contributed by atoms with Gasteiger partial charge in [-0.25, -0.2) is 29.0 Å². The SMILES string of the molecule is Cn1cc(-c2cnc3c(nnn3C[C@@H]3CN(c4ncc(-c5ccc(CN6CCN(c7ccc(NC8CCC(=O)NC8=O)cc7F)CC6)cc5)cn4)CCO3)n2)cn1. The Morgan fingerprint density at radius 3 is 2.49 bits per heavy atom. The molecule has 0 spiro atoms. The van der Waals surface area contributed by atoms with Crippen molar-refractivity contribution in [3.63, 3.8) is 0 Å². The number of hydrogen-bond donors (Lipinski definition) is 2. The number of aromatic nitrogens is 9. The molecule has 3 saturated heterocycles. The topological polar surface area (TPSA) is 177 Å². The number of rotatable bonds is 10. The van der Waals surface area contributed by atoms with Crippen LogP contribution in [-0.2, 0) is 34.5 Å². The van der Waals surface area contributed by atoms with Gasteiger partial charge in [0.05, 0.1) is 43.0 Å². The van der Waals surface area contributed by atoms with E-state index in [0.717, 1.165) is 36.3 Å². The zero-order chi connectivity index (χ0) is 38.9. The van der Waals surface area contributed by atoms with E-state index in [1.807, 2.05) is 25.6 Å². The number of carbonyl (C=O) groups excluding carboxylic acids is 2. The fourth-order valence-electron chi connectivity index (χ4n) is 7.51. The maximum atomic E-state index is 15.2. The number of fused-ring (bicyclic) bond motifs is 1. The van der Waals surface area contributed by atoms with Crippen molar-refractivity contribution < 1.29 is 18.7 Å². The van der Waals surface area contributed by atoms with Crippen molar-refractivity contribution in [1.82, 2.24) is 54.9 Å². The number of morpholine rings is 1. The number of anilines is 3. The lowest BCUT2D eigenvalue weighted by Crippen LogP contribution is -2.47. The molecule has 0 radical (unpaired) electrons. The highest BCUT2D eigenvalue weighted by Crippen LogP contribution is 2.27. The van der Waals surface area contributed by atoms with Gasteiger partial charge in [0.2, 0.25) is 23.4 Å². The van der Waals surface area contributed by atoms with Crippen molar-refractivity contribution >= 4 is 40.4 Å². The van der Waals surface area contributed by atoms with E-state index in [1.165, 1.54) is 11.6 Å². The largest absolute Gasteiger partial charge is 0.374 e. The van der Waals surface area contributed by atoms with Gasteiger partial charge in [0, 0.05) is 94.7 Å². The van der Waals surface area contributed by atoms with Crippen LogP contribution in [0.2, 0.25) is 0 Å². The number of piperazine rings is 1. The molecule has 0 bridgehead atoms. The van der Waals surface area contributed by atoms with Crippen molar-refractivity contribution in [2.24, 2.45) is 7.05 Å². The molecule has 18 heteroatoms. The van der Waals surface area contributed by atoms with Gasteiger partial charge in [-0.3, -0.25) is 24.5 Å². The number of benzene rings is 2. The molecule has 2 aromatic carbocycles. The summed E-state index contributed by atoms with van der Waals surface area (Å²) >= 11 is 0. The molecule has 7 heterocycles. The first-order valence-corrected chi connectivity index (χ1v) is 19.0. The smallest absolute Gasteiger partial charge is 0.249 e. The van der Waals surface area contributed by atoms with Gasteiger partial charge in [0.15, 0.2) is 5.65 Å². The van der Waals surface area contributed by atoms with Gasteiger partial charge >= 0.3 is 0 Å². The van der Waals surface area contributed by atoms with Crippen molar-refractivity contribution in [3.8, 4) is 22.4 Å². The number of ether oxygens (including phenoxy) is 1. The lowest BCUT2D eigenvalue weighted by molar-refractivity contribution is -0.133. The molecule has 2 N–H and O–H groups in total. The second-order valence-electron chi connectivity index (χ2n) is 14.6. The summed E-state index contributed by atoms with van der Waals surface area (Å²) in [5, 5.41) is 18.1. The van der Waals surface area contributed by atoms with Crippen molar-refractivity contribution in [2.75, 3.05) is 61.0 Å². The molecule has 3 aliphatic rings. The van der Waals surface area contributed by atoms with Crippen LogP contribution in [-0.4, -0.2) is 119 Å². The Kier molecular flexibility index (Phi) is 9.93. The quantitative estimate of drug-likeness (QED) is 0.194. The molecule has 0 saturated carbocycles. The number of piperidine rings is 1. The first-order chi connectivity index (χ1) is 27.8. The van der Waals surface area contributed by atoms with Crippen LogP contribution in [0.1, 0.15) is 18.4 Å². The number of halogens is 1. The summed E-state index contributed by atoms with van der Waals surface area (Å²) in [5.41, 5.74) is 6.84. The summed E-state index contributed by atoms with van der Waals surface area (Å²) in [4.78, 5) is 48.7. The molecule has 6 aromatic rings. The molecule has 3 fully saturated rings. The predicted molar refractivity (Wildman–Crippen MR) is 208 cm³/mol. The second kappa shape index (κ2) is 15.6. The van der Waals surface area contributed by atoms with E-state index in [9.17, 15) is 9.59 Å². The highest BCUT2D eigenvalue weighted by Gasteiger charge is 2.28. The van der Waals surface area contributed by atoms with Gasteiger partial charge in [-0.15, -0.1) is 5.10 Å². The highest BCUT2D eigenvalue weighted by molar-refractivity contribution is 6.01. The Morgan fingerprint density at radius 2 is 1.74 bits per heavy atom.